The molecule has 2 bridgehead atoms. The van der Waals surface area contributed by atoms with Gasteiger partial charge in [-0.25, -0.2) is 0 Å². The van der Waals surface area contributed by atoms with E-state index in [0.29, 0.717) is 17.9 Å². The first-order chi connectivity index (χ1) is 10.00. The summed E-state index contributed by atoms with van der Waals surface area (Å²) in [6, 6.07) is 0. The predicted octanol–water partition coefficient (Wildman–Crippen LogP) is 5.22. The third-order valence-corrected chi connectivity index (χ3v) is 7.09. The van der Waals surface area contributed by atoms with Gasteiger partial charge in [0.2, 0.25) is 5.79 Å². The minimum absolute atomic E-state index is 0.135. The number of halogens is 5. The topological polar surface area (TPSA) is 18.5 Å². The maximum absolute atomic E-state index is 6.88. The van der Waals surface area contributed by atoms with Crippen LogP contribution in [0.2, 0.25) is 0 Å². The zero-order chi connectivity index (χ0) is 17.0. The fourth-order valence-electron chi connectivity index (χ4n) is 3.36. The van der Waals surface area contributed by atoms with E-state index < -0.39 is 15.5 Å². The van der Waals surface area contributed by atoms with Crippen LogP contribution in [-0.2, 0) is 9.47 Å². The molecule has 2 aliphatic carbocycles. The van der Waals surface area contributed by atoms with Crippen LogP contribution < -0.4 is 0 Å². The third kappa shape index (κ3) is 2.37. The van der Waals surface area contributed by atoms with Crippen LogP contribution in [0.25, 0.3) is 0 Å². The van der Waals surface area contributed by atoms with Crippen LogP contribution in [-0.4, -0.2) is 34.1 Å². The number of hydrogen-bond donors (Lipinski definition) is 0. The molecule has 0 amide bonds. The Morgan fingerprint density at radius 3 is 2.18 bits per heavy atom. The molecule has 0 unspecified atom stereocenters. The molecule has 0 aromatic rings. The van der Waals surface area contributed by atoms with E-state index in [4.69, 9.17) is 55.9 Å². The standard InChI is InChI=1S/C15H17BrCl4O2/c1-12(2,16)7-5-6-9-8-13(19)10(17)11(18)14(9,20)15(13,21-3)22-4/h9H,6,8H2,1-4H3/t9-,13+,14+/m1/s1. The number of ether oxygens (including phenoxy) is 2. The van der Waals surface area contributed by atoms with Crippen LogP contribution in [0.1, 0.15) is 26.7 Å². The highest BCUT2D eigenvalue weighted by Crippen LogP contribution is 2.72. The second-order valence-electron chi connectivity index (χ2n) is 6.05. The molecule has 0 aliphatic heterocycles. The minimum atomic E-state index is -1.31. The van der Waals surface area contributed by atoms with Gasteiger partial charge in [0, 0.05) is 26.6 Å². The number of rotatable bonds is 3. The van der Waals surface area contributed by atoms with Crippen molar-refractivity contribution in [3.05, 3.63) is 10.1 Å². The Morgan fingerprint density at radius 1 is 1.23 bits per heavy atom. The summed E-state index contributed by atoms with van der Waals surface area (Å²) in [4.78, 5) is -2.25. The number of alkyl halides is 3. The zero-order valence-electron chi connectivity index (χ0n) is 12.7. The molecule has 7 heteroatoms. The molecule has 1 saturated carbocycles. The van der Waals surface area contributed by atoms with Crippen LogP contribution in [0.15, 0.2) is 10.1 Å². The van der Waals surface area contributed by atoms with E-state index >= 15 is 0 Å². The Kier molecular flexibility index (Phi) is 5.22. The lowest BCUT2D eigenvalue weighted by molar-refractivity contribution is -0.218. The van der Waals surface area contributed by atoms with E-state index in [1.165, 1.54) is 14.2 Å². The van der Waals surface area contributed by atoms with Crippen LogP contribution in [0.5, 0.6) is 0 Å². The highest BCUT2D eigenvalue weighted by molar-refractivity contribution is 9.10. The molecule has 22 heavy (non-hydrogen) atoms. The summed E-state index contributed by atoms with van der Waals surface area (Å²) in [5.74, 6) is 4.81. The van der Waals surface area contributed by atoms with Crippen LogP contribution >= 0.6 is 62.3 Å². The molecule has 124 valence electrons. The van der Waals surface area contributed by atoms with Gasteiger partial charge in [0.05, 0.1) is 14.4 Å². The lowest BCUT2D eigenvalue weighted by Gasteiger charge is -2.41. The van der Waals surface area contributed by atoms with Crippen molar-refractivity contribution >= 4 is 62.3 Å². The smallest absolute Gasteiger partial charge is 0.217 e. The summed E-state index contributed by atoms with van der Waals surface area (Å²) < 4.78 is 10.9. The highest BCUT2D eigenvalue weighted by atomic mass is 79.9. The molecule has 3 atom stereocenters. The van der Waals surface area contributed by atoms with Gasteiger partial charge in [0.25, 0.3) is 0 Å². The summed E-state index contributed by atoms with van der Waals surface area (Å²) >= 11 is 29.9. The molecule has 0 aromatic heterocycles. The van der Waals surface area contributed by atoms with E-state index in [0.717, 1.165) is 0 Å². The van der Waals surface area contributed by atoms with Gasteiger partial charge in [-0.15, -0.1) is 29.1 Å². The van der Waals surface area contributed by atoms with Gasteiger partial charge in [-0.1, -0.05) is 45.1 Å². The van der Waals surface area contributed by atoms with Crippen LogP contribution in [0.3, 0.4) is 0 Å². The molecule has 0 radical (unpaired) electrons. The molecule has 0 N–H and O–H groups in total. The zero-order valence-corrected chi connectivity index (χ0v) is 17.3. The molecule has 0 spiro atoms. The fourth-order valence-corrected chi connectivity index (χ4v) is 5.59. The normalized spacial score (nSPS) is 36.5. The Labute approximate surface area is 159 Å². The number of hydrogen-bond acceptors (Lipinski definition) is 2. The van der Waals surface area contributed by atoms with Gasteiger partial charge >= 0.3 is 0 Å². The highest BCUT2D eigenvalue weighted by Gasteiger charge is 2.80. The lowest BCUT2D eigenvalue weighted by Crippen LogP contribution is -2.56. The molecule has 2 rings (SSSR count). The lowest BCUT2D eigenvalue weighted by atomic mass is 9.88. The number of fused-ring (bicyclic) bond motifs is 2. The second-order valence-corrected chi connectivity index (χ2v) is 10.0. The molecule has 0 aromatic carbocycles. The average Bonchev–Trinajstić information content (AvgIpc) is 2.69. The maximum Gasteiger partial charge on any atom is 0.217 e. The summed E-state index contributed by atoms with van der Waals surface area (Å²) in [7, 11) is 2.99. The average molecular weight is 451 g/mol. The Bertz CT molecular complexity index is 570. The molecule has 1 fully saturated rings. The van der Waals surface area contributed by atoms with E-state index in [-0.39, 0.29) is 15.3 Å². The second kappa shape index (κ2) is 5.99. The van der Waals surface area contributed by atoms with E-state index in [1.807, 2.05) is 13.8 Å². The van der Waals surface area contributed by atoms with Gasteiger partial charge in [0.1, 0.15) is 9.75 Å². The molecule has 2 nitrogen and oxygen atoms in total. The first-order valence-corrected chi connectivity index (χ1v) is 9.04. The summed E-state index contributed by atoms with van der Waals surface area (Å²) in [5.41, 5.74) is 0. The molecular weight excluding hydrogens is 434 g/mol. The van der Waals surface area contributed by atoms with Crippen molar-refractivity contribution in [1.82, 2.24) is 0 Å². The molecule has 2 aliphatic rings. The number of methoxy groups -OCH3 is 2. The Morgan fingerprint density at radius 2 is 1.77 bits per heavy atom. The molecular formula is C15H17BrCl4O2. The fraction of sp³-hybridized carbons (Fsp3) is 0.733. The monoisotopic (exact) mass is 448 g/mol. The van der Waals surface area contributed by atoms with Crippen molar-refractivity contribution in [3.8, 4) is 11.8 Å². The summed E-state index contributed by atoms with van der Waals surface area (Å²) in [5, 5.41) is 0.574. The maximum atomic E-state index is 6.88. The first kappa shape index (κ1) is 19.2. The van der Waals surface area contributed by atoms with E-state index in [2.05, 4.69) is 27.8 Å². The summed E-state index contributed by atoms with van der Waals surface area (Å²) in [6.07, 6.45) is 0.994. The van der Waals surface area contributed by atoms with Crippen molar-refractivity contribution < 1.29 is 9.47 Å². The largest absolute Gasteiger partial charge is 0.350 e. The van der Waals surface area contributed by atoms with Crippen molar-refractivity contribution in [2.45, 2.75) is 46.5 Å². The van der Waals surface area contributed by atoms with Gasteiger partial charge in [-0.3, -0.25) is 0 Å². The SMILES string of the molecule is COC1(OC)[C@@]2(Cl)C(Cl)=C(Cl)[C@@]1(Cl)C[C@H]2CC#CC(C)(C)Br. The van der Waals surface area contributed by atoms with Gasteiger partial charge in [-0.2, -0.15) is 0 Å². The van der Waals surface area contributed by atoms with Crippen molar-refractivity contribution in [1.29, 1.82) is 0 Å². The van der Waals surface area contributed by atoms with Gasteiger partial charge in [0.15, 0.2) is 0 Å². The van der Waals surface area contributed by atoms with Crippen LogP contribution in [0, 0.1) is 17.8 Å². The quantitative estimate of drug-likeness (QED) is 0.333. The predicted molar refractivity (Wildman–Crippen MR) is 96.2 cm³/mol. The minimum Gasteiger partial charge on any atom is -0.350 e. The Hall–Kier alpha value is 0.860. The van der Waals surface area contributed by atoms with E-state index in [9.17, 15) is 0 Å². The van der Waals surface area contributed by atoms with Crippen molar-refractivity contribution in [3.63, 3.8) is 0 Å². The third-order valence-electron chi connectivity index (χ3n) is 4.26. The Balaban J connectivity index is 2.45. The first-order valence-electron chi connectivity index (χ1n) is 6.73. The van der Waals surface area contributed by atoms with Crippen LogP contribution in [0.4, 0.5) is 0 Å². The molecule has 0 saturated heterocycles. The van der Waals surface area contributed by atoms with Crippen molar-refractivity contribution in [2.24, 2.45) is 5.92 Å². The van der Waals surface area contributed by atoms with E-state index in [1.54, 1.807) is 0 Å². The van der Waals surface area contributed by atoms with Gasteiger partial charge in [-0.05, 0) is 20.3 Å². The molecule has 0 heterocycles. The van der Waals surface area contributed by atoms with Crippen molar-refractivity contribution in [2.75, 3.05) is 14.2 Å². The van der Waals surface area contributed by atoms with Gasteiger partial charge < -0.3 is 9.47 Å². The summed E-state index contributed by atoms with van der Waals surface area (Å²) in [6.45, 7) is 3.94.